The van der Waals surface area contributed by atoms with Crippen molar-refractivity contribution in [1.82, 2.24) is 9.78 Å². The Morgan fingerprint density at radius 1 is 1.19 bits per heavy atom. The van der Waals surface area contributed by atoms with E-state index in [0.29, 0.717) is 21.9 Å². The molecule has 2 heterocycles. The third-order valence-electron chi connectivity index (χ3n) is 3.90. The molecule has 3 rings (SSSR count). The van der Waals surface area contributed by atoms with Crippen molar-refractivity contribution in [2.24, 2.45) is 7.05 Å². The van der Waals surface area contributed by atoms with E-state index < -0.39 is 11.9 Å². The predicted octanol–water partition coefficient (Wildman–Crippen LogP) is 3.36. The van der Waals surface area contributed by atoms with Gasteiger partial charge in [0.2, 0.25) is 0 Å². The van der Waals surface area contributed by atoms with Crippen LogP contribution in [0.5, 0.6) is 11.5 Å². The number of methoxy groups -OCH3 is 2. The summed E-state index contributed by atoms with van der Waals surface area (Å²) in [6.07, 6.45) is 2.88. The fourth-order valence-electron chi connectivity index (χ4n) is 2.56. The van der Waals surface area contributed by atoms with E-state index in [1.165, 1.54) is 31.6 Å². The minimum absolute atomic E-state index is 0.296. The zero-order chi connectivity index (χ0) is 19.6. The Morgan fingerprint density at radius 3 is 2.63 bits per heavy atom. The van der Waals surface area contributed by atoms with Crippen LogP contribution in [0, 0.1) is 6.92 Å². The topological polar surface area (TPSA) is 79.7 Å². The number of aryl methyl sites for hydroxylation is 2. The minimum atomic E-state index is -0.466. The Morgan fingerprint density at radius 2 is 1.96 bits per heavy atom. The van der Waals surface area contributed by atoms with Gasteiger partial charge in [0.05, 0.1) is 19.9 Å². The summed E-state index contributed by atoms with van der Waals surface area (Å²) in [4.78, 5) is 25.1. The van der Waals surface area contributed by atoms with Gasteiger partial charge in [0.25, 0.3) is 0 Å². The van der Waals surface area contributed by atoms with E-state index in [2.05, 4.69) is 9.84 Å². The number of hydrogen-bond acceptors (Lipinski definition) is 7. The molecule has 0 aliphatic rings. The SMILES string of the molecule is COC(=O)/C=C/c1ccc(OC(=O)c2cc3c(C)nn(C)c3s2)c(OC)c1. The second-order valence-corrected chi connectivity index (χ2v) is 6.73. The average molecular weight is 386 g/mol. The molecule has 0 aliphatic carbocycles. The Balaban J connectivity index is 1.83. The lowest BCUT2D eigenvalue weighted by molar-refractivity contribution is -0.134. The normalized spacial score (nSPS) is 11.1. The zero-order valence-electron chi connectivity index (χ0n) is 15.3. The van der Waals surface area contributed by atoms with Crippen molar-refractivity contribution in [1.29, 1.82) is 0 Å². The van der Waals surface area contributed by atoms with Gasteiger partial charge in [0, 0.05) is 18.5 Å². The van der Waals surface area contributed by atoms with Crippen LogP contribution in [0.1, 0.15) is 20.9 Å². The number of benzene rings is 1. The second-order valence-electron chi connectivity index (χ2n) is 5.69. The van der Waals surface area contributed by atoms with E-state index in [9.17, 15) is 9.59 Å². The van der Waals surface area contributed by atoms with E-state index in [4.69, 9.17) is 9.47 Å². The lowest BCUT2D eigenvalue weighted by Crippen LogP contribution is -2.07. The fourth-order valence-corrected chi connectivity index (χ4v) is 3.56. The third-order valence-corrected chi connectivity index (χ3v) is 5.08. The second kappa shape index (κ2) is 7.63. The Labute approximate surface area is 159 Å². The summed E-state index contributed by atoms with van der Waals surface area (Å²) in [7, 11) is 4.63. The Hall–Kier alpha value is -3.13. The monoisotopic (exact) mass is 386 g/mol. The number of thiophene rings is 1. The molecule has 0 aliphatic heterocycles. The summed E-state index contributed by atoms with van der Waals surface area (Å²) < 4.78 is 17.1. The maximum absolute atomic E-state index is 12.5. The van der Waals surface area contributed by atoms with Gasteiger partial charge in [-0.05, 0) is 36.8 Å². The number of carbonyl (C=O) groups is 2. The van der Waals surface area contributed by atoms with Crippen molar-refractivity contribution in [3.63, 3.8) is 0 Å². The highest BCUT2D eigenvalue weighted by Crippen LogP contribution is 2.32. The lowest BCUT2D eigenvalue weighted by Gasteiger charge is -2.09. The first-order valence-corrected chi connectivity index (χ1v) is 8.84. The molecule has 0 N–H and O–H groups in total. The number of fused-ring (bicyclic) bond motifs is 1. The number of aromatic nitrogens is 2. The van der Waals surface area contributed by atoms with Crippen LogP contribution < -0.4 is 9.47 Å². The summed E-state index contributed by atoms with van der Waals surface area (Å²) in [5.41, 5.74) is 1.57. The van der Waals surface area contributed by atoms with E-state index >= 15 is 0 Å². The van der Waals surface area contributed by atoms with Crippen molar-refractivity contribution in [3.8, 4) is 11.5 Å². The molecule has 3 aromatic rings. The predicted molar refractivity (Wildman–Crippen MR) is 102 cm³/mol. The standard InChI is InChI=1S/C19H18N2O5S/c1-11-13-10-16(27-18(13)21(2)20-11)19(23)26-14-7-5-12(9-15(14)24-3)6-8-17(22)25-4/h5-10H,1-4H3/b8-6+. The van der Waals surface area contributed by atoms with E-state index in [0.717, 1.165) is 15.9 Å². The molecule has 0 saturated heterocycles. The number of rotatable bonds is 5. The van der Waals surface area contributed by atoms with E-state index in [1.54, 1.807) is 35.0 Å². The highest BCUT2D eigenvalue weighted by molar-refractivity contribution is 7.20. The molecule has 2 aromatic heterocycles. The molecule has 7 nitrogen and oxygen atoms in total. The molecule has 0 saturated carbocycles. The molecule has 0 radical (unpaired) electrons. The summed E-state index contributed by atoms with van der Waals surface area (Å²) in [5, 5.41) is 5.26. The maximum Gasteiger partial charge on any atom is 0.353 e. The van der Waals surface area contributed by atoms with Gasteiger partial charge in [-0.1, -0.05) is 6.07 Å². The summed E-state index contributed by atoms with van der Waals surface area (Å²) in [6.45, 7) is 1.90. The number of nitrogens with zero attached hydrogens (tertiary/aromatic N) is 2. The minimum Gasteiger partial charge on any atom is -0.493 e. The zero-order valence-corrected chi connectivity index (χ0v) is 16.1. The van der Waals surface area contributed by atoms with Crippen LogP contribution in [0.25, 0.3) is 16.3 Å². The number of esters is 2. The van der Waals surface area contributed by atoms with Gasteiger partial charge in [0.1, 0.15) is 9.71 Å². The van der Waals surface area contributed by atoms with Gasteiger partial charge in [-0.25, -0.2) is 9.59 Å². The molecular weight excluding hydrogens is 368 g/mol. The maximum atomic E-state index is 12.5. The first-order valence-electron chi connectivity index (χ1n) is 8.02. The molecule has 0 unspecified atom stereocenters. The molecule has 140 valence electrons. The molecule has 1 aromatic carbocycles. The van der Waals surface area contributed by atoms with Gasteiger partial charge in [-0.15, -0.1) is 11.3 Å². The highest BCUT2D eigenvalue weighted by atomic mass is 32.1. The van der Waals surface area contributed by atoms with Crippen LogP contribution >= 0.6 is 11.3 Å². The van der Waals surface area contributed by atoms with Gasteiger partial charge in [0.15, 0.2) is 11.5 Å². The highest BCUT2D eigenvalue weighted by Gasteiger charge is 2.18. The number of hydrogen-bond donors (Lipinski definition) is 0. The molecule has 0 bridgehead atoms. The third kappa shape index (κ3) is 3.85. The summed E-state index contributed by atoms with van der Waals surface area (Å²) in [5.74, 6) is -0.245. The average Bonchev–Trinajstić information content (AvgIpc) is 3.22. The van der Waals surface area contributed by atoms with Gasteiger partial charge in [-0.3, -0.25) is 4.68 Å². The molecule has 0 atom stereocenters. The largest absolute Gasteiger partial charge is 0.493 e. The molecule has 0 amide bonds. The molecule has 0 fully saturated rings. The van der Waals surface area contributed by atoms with Crippen LogP contribution in [-0.2, 0) is 16.6 Å². The first kappa shape index (κ1) is 18.7. The summed E-state index contributed by atoms with van der Waals surface area (Å²) >= 11 is 1.33. The van der Waals surface area contributed by atoms with Crippen LogP contribution in [-0.4, -0.2) is 35.9 Å². The van der Waals surface area contributed by atoms with E-state index in [1.807, 2.05) is 14.0 Å². The molecule has 27 heavy (non-hydrogen) atoms. The van der Waals surface area contributed by atoms with Gasteiger partial charge >= 0.3 is 11.9 Å². The smallest absolute Gasteiger partial charge is 0.353 e. The molecule has 0 spiro atoms. The van der Waals surface area contributed by atoms with Crippen molar-refractivity contribution in [2.75, 3.05) is 14.2 Å². The van der Waals surface area contributed by atoms with Crippen molar-refractivity contribution < 1.29 is 23.8 Å². The van der Waals surface area contributed by atoms with Crippen LogP contribution in [0.2, 0.25) is 0 Å². The van der Waals surface area contributed by atoms with Crippen LogP contribution in [0.4, 0.5) is 0 Å². The van der Waals surface area contributed by atoms with Crippen molar-refractivity contribution in [3.05, 3.63) is 46.5 Å². The number of carbonyl (C=O) groups excluding carboxylic acids is 2. The molecular formula is C19H18N2O5S. The summed E-state index contributed by atoms with van der Waals surface area (Å²) in [6, 6.07) is 6.78. The quantitative estimate of drug-likeness (QED) is 0.380. The first-order chi connectivity index (χ1) is 12.9. The van der Waals surface area contributed by atoms with Crippen molar-refractivity contribution >= 4 is 39.6 Å². The van der Waals surface area contributed by atoms with Crippen molar-refractivity contribution in [2.45, 2.75) is 6.92 Å². The van der Waals surface area contributed by atoms with Crippen LogP contribution in [0.3, 0.4) is 0 Å². The Bertz CT molecular complexity index is 1010. The Kier molecular flexibility index (Phi) is 5.27. The van der Waals surface area contributed by atoms with Gasteiger partial charge in [-0.2, -0.15) is 5.10 Å². The fraction of sp³-hybridized carbons (Fsp3) is 0.211. The lowest BCUT2D eigenvalue weighted by atomic mass is 10.2. The molecule has 8 heteroatoms. The van der Waals surface area contributed by atoms with Crippen LogP contribution in [0.15, 0.2) is 30.3 Å². The number of ether oxygens (including phenoxy) is 3. The van der Waals surface area contributed by atoms with E-state index in [-0.39, 0.29) is 0 Å². The van der Waals surface area contributed by atoms with Gasteiger partial charge < -0.3 is 14.2 Å².